The van der Waals surface area contributed by atoms with Gasteiger partial charge < -0.3 is 0 Å². The molecule has 0 aromatic carbocycles. The Morgan fingerprint density at radius 2 is 2.12 bits per heavy atom. The third-order valence-electron chi connectivity index (χ3n) is 2.28. The summed E-state index contributed by atoms with van der Waals surface area (Å²) in [5.74, 6) is 0.793. The molecule has 0 aliphatic carbocycles. The maximum Gasteiger partial charge on any atom is 0.0506 e. The van der Waals surface area contributed by atoms with Crippen molar-refractivity contribution >= 4 is 17.6 Å². The van der Waals surface area contributed by atoms with Crippen molar-refractivity contribution in [2.45, 2.75) is 40.5 Å². The van der Waals surface area contributed by atoms with E-state index in [0.717, 1.165) is 5.92 Å². The zero-order chi connectivity index (χ0) is 12.6. The predicted octanol–water partition coefficient (Wildman–Crippen LogP) is 5.09. The Morgan fingerprint density at radius 1 is 1.50 bits per heavy atom. The monoisotopic (exact) mass is 237 g/mol. The number of rotatable bonds is 4. The number of allylic oxidation sites excluding steroid dienone is 1. The third kappa shape index (κ3) is 5.86. The van der Waals surface area contributed by atoms with Gasteiger partial charge in [0.05, 0.1) is 4.88 Å². The van der Waals surface area contributed by atoms with E-state index < -0.39 is 0 Å². The van der Waals surface area contributed by atoms with Gasteiger partial charge in [0.2, 0.25) is 0 Å². The van der Waals surface area contributed by atoms with Crippen LogP contribution in [0.15, 0.2) is 24.9 Å². The van der Waals surface area contributed by atoms with Crippen LogP contribution < -0.4 is 0 Å². The molecule has 0 amide bonds. The molecule has 0 atom stereocenters. The van der Waals surface area contributed by atoms with Crippen LogP contribution in [-0.4, -0.2) is 4.37 Å². The maximum atomic E-state index is 4.17. The van der Waals surface area contributed by atoms with Crippen molar-refractivity contribution in [2.24, 2.45) is 5.92 Å². The van der Waals surface area contributed by atoms with E-state index in [4.69, 9.17) is 0 Å². The molecular weight excluding hydrogens is 214 g/mol. The van der Waals surface area contributed by atoms with E-state index in [1.165, 1.54) is 28.9 Å². The minimum atomic E-state index is 0.793. The molecule has 0 aliphatic rings. The molecule has 0 saturated carbocycles. The fraction of sp³-hybridized carbons (Fsp3) is 0.500. The SMILES string of the molecule is C/C(=C\c1sncc1C)CCC(C)C.C=C. The topological polar surface area (TPSA) is 12.9 Å². The zero-order valence-electron chi connectivity index (χ0n) is 10.9. The van der Waals surface area contributed by atoms with E-state index in [-0.39, 0.29) is 0 Å². The third-order valence-corrected chi connectivity index (χ3v) is 3.13. The summed E-state index contributed by atoms with van der Waals surface area (Å²) in [6, 6.07) is 0. The molecular formula is C14H23NS. The molecule has 0 spiro atoms. The summed E-state index contributed by atoms with van der Waals surface area (Å²) in [7, 11) is 0. The first-order valence-corrected chi connectivity index (χ1v) is 6.45. The lowest BCUT2D eigenvalue weighted by atomic mass is 10.0. The van der Waals surface area contributed by atoms with E-state index in [2.05, 4.69) is 51.3 Å². The first kappa shape index (κ1) is 15.1. The fourth-order valence-electron chi connectivity index (χ4n) is 1.25. The van der Waals surface area contributed by atoms with Crippen LogP contribution in [-0.2, 0) is 0 Å². The van der Waals surface area contributed by atoms with E-state index in [9.17, 15) is 0 Å². The van der Waals surface area contributed by atoms with Crippen molar-refractivity contribution in [1.82, 2.24) is 4.37 Å². The molecule has 1 nitrogen and oxygen atoms in total. The van der Waals surface area contributed by atoms with Crippen LogP contribution in [0.5, 0.6) is 0 Å². The summed E-state index contributed by atoms with van der Waals surface area (Å²) < 4.78 is 4.17. The van der Waals surface area contributed by atoms with Gasteiger partial charge in [0, 0.05) is 6.20 Å². The van der Waals surface area contributed by atoms with Crippen LogP contribution in [0.3, 0.4) is 0 Å². The molecule has 0 unspecified atom stereocenters. The summed E-state index contributed by atoms with van der Waals surface area (Å²) in [6.07, 6.45) is 6.69. The molecule has 0 aliphatic heterocycles. The Balaban J connectivity index is 0.00000106. The summed E-state index contributed by atoms with van der Waals surface area (Å²) >= 11 is 1.59. The van der Waals surface area contributed by atoms with Crippen molar-refractivity contribution in [3.05, 3.63) is 35.4 Å². The predicted molar refractivity (Wildman–Crippen MR) is 75.8 cm³/mol. The maximum absolute atomic E-state index is 4.17. The van der Waals surface area contributed by atoms with Gasteiger partial charge in [-0.3, -0.25) is 0 Å². The van der Waals surface area contributed by atoms with Crippen molar-refractivity contribution in [1.29, 1.82) is 0 Å². The van der Waals surface area contributed by atoms with Crippen LogP contribution in [0.25, 0.3) is 6.08 Å². The lowest BCUT2D eigenvalue weighted by Gasteiger charge is -2.04. The minimum absolute atomic E-state index is 0.793. The molecule has 0 bridgehead atoms. The largest absolute Gasteiger partial charge is 0.200 e. The van der Waals surface area contributed by atoms with Gasteiger partial charge in [-0.05, 0) is 55.8 Å². The Morgan fingerprint density at radius 3 is 2.56 bits per heavy atom. The lowest BCUT2D eigenvalue weighted by Crippen LogP contribution is -1.87. The highest BCUT2D eigenvalue weighted by Gasteiger charge is 1.99. The van der Waals surface area contributed by atoms with Crippen molar-refractivity contribution < 1.29 is 0 Å². The molecule has 1 heterocycles. The summed E-state index contributed by atoms with van der Waals surface area (Å²) in [5, 5.41) is 0. The van der Waals surface area contributed by atoms with Gasteiger partial charge >= 0.3 is 0 Å². The molecule has 1 rings (SSSR count). The zero-order valence-corrected chi connectivity index (χ0v) is 11.7. The fourth-order valence-corrected chi connectivity index (χ4v) is 2.03. The van der Waals surface area contributed by atoms with E-state index in [1.807, 2.05) is 6.20 Å². The molecule has 0 radical (unpaired) electrons. The average molecular weight is 237 g/mol. The van der Waals surface area contributed by atoms with Crippen LogP contribution in [0.4, 0.5) is 0 Å². The average Bonchev–Trinajstić information content (AvgIpc) is 2.65. The number of hydrogen-bond donors (Lipinski definition) is 0. The second-order valence-electron chi connectivity index (χ2n) is 4.30. The molecule has 0 fully saturated rings. The quantitative estimate of drug-likeness (QED) is 0.664. The molecule has 90 valence electrons. The van der Waals surface area contributed by atoms with E-state index in [0.29, 0.717) is 0 Å². The van der Waals surface area contributed by atoms with Gasteiger partial charge in [0.1, 0.15) is 0 Å². The smallest absolute Gasteiger partial charge is 0.0506 e. The van der Waals surface area contributed by atoms with Gasteiger partial charge in [0.15, 0.2) is 0 Å². The highest BCUT2D eigenvalue weighted by molar-refractivity contribution is 7.06. The van der Waals surface area contributed by atoms with Gasteiger partial charge in [-0.2, -0.15) is 0 Å². The highest BCUT2D eigenvalue weighted by atomic mass is 32.1. The van der Waals surface area contributed by atoms with Crippen molar-refractivity contribution in [3.8, 4) is 0 Å². The molecule has 0 N–H and O–H groups in total. The normalized spacial score (nSPS) is 11.2. The van der Waals surface area contributed by atoms with Crippen molar-refractivity contribution in [2.75, 3.05) is 0 Å². The first-order chi connectivity index (χ1) is 7.59. The lowest BCUT2D eigenvalue weighted by molar-refractivity contribution is 0.585. The van der Waals surface area contributed by atoms with Crippen LogP contribution >= 0.6 is 11.5 Å². The molecule has 0 saturated heterocycles. The van der Waals surface area contributed by atoms with Gasteiger partial charge in [-0.15, -0.1) is 13.2 Å². The second-order valence-corrected chi connectivity index (χ2v) is 5.13. The minimum Gasteiger partial charge on any atom is -0.200 e. The van der Waals surface area contributed by atoms with Gasteiger partial charge in [-0.25, -0.2) is 4.37 Å². The number of nitrogens with zero attached hydrogens (tertiary/aromatic N) is 1. The molecule has 1 aromatic heterocycles. The Bertz CT molecular complexity index is 323. The number of aryl methyl sites for hydroxylation is 1. The Kier molecular flexibility index (Phi) is 7.82. The van der Waals surface area contributed by atoms with E-state index in [1.54, 1.807) is 11.5 Å². The second kappa shape index (κ2) is 8.28. The Labute approximate surface area is 104 Å². The summed E-state index contributed by atoms with van der Waals surface area (Å²) in [5.41, 5.74) is 2.75. The Hall–Kier alpha value is -0.890. The first-order valence-electron chi connectivity index (χ1n) is 5.68. The standard InChI is InChI=1S/C12H19NS.C2H4/c1-9(2)5-6-10(3)7-12-11(4)8-13-14-12;1-2/h7-9H,5-6H2,1-4H3;1-2H2/b10-7+;. The van der Waals surface area contributed by atoms with Crippen LogP contribution in [0.2, 0.25) is 0 Å². The van der Waals surface area contributed by atoms with Gasteiger partial charge in [-0.1, -0.05) is 19.4 Å². The molecule has 16 heavy (non-hydrogen) atoms. The molecule has 1 aromatic rings. The molecule has 2 heteroatoms. The summed E-state index contributed by atoms with van der Waals surface area (Å²) in [4.78, 5) is 1.31. The van der Waals surface area contributed by atoms with Crippen LogP contribution in [0, 0.1) is 12.8 Å². The van der Waals surface area contributed by atoms with Gasteiger partial charge in [0.25, 0.3) is 0 Å². The number of aromatic nitrogens is 1. The number of hydrogen-bond acceptors (Lipinski definition) is 2. The summed E-state index contributed by atoms with van der Waals surface area (Å²) in [6.45, 7) is 14.9. The van der Waals surface area contributed by atoms with Crippen LogP contribution in [0.1, 0.15) is 44.1 Å². The van der Waals surface area contributed by atoms with Crippen molar-refractivity contribution in [3.63, 3.8) is 0 Å². The highest BCUT2D eigenvalue weighted by Crippen LogP contribution is 2.19. The van der Waals surface area contributed by atoms with E-state index >= 15 is 0 Å².